The van der Waals surface area contributed by atoms with Crippen LogP contribution in [0, 0.1) is 11.7 Å². The predicted molar refractivity (Wildman–Crippen MR) is 152 cm³/mol. The summed E-state index contributed by atoms with van der Waals surface area (Å²) < 4.78 is 88.4. The van der Waals surface area contributed by atoms with Crippen LogP contribution in [0.15, 0.2) is 32.6 Å². The summed E-state index contributed by atoms with van der Waals surface area (Å²) in [6.07, 6.45) is -0.355. The fourth-order valence-electron chi connectivity index (χ4n) is 6.66. The van der Waals surface area contributed by atoms with Gasteiger partial charge in [0.15, 0.2) is 0 Å². The number of halogens is 7. The van der Waals surface area contributed by atoms with E-state index in [1.807, 2.05) is 0 Å². The Morgan fingerprint density at radius 3 is 2.48 bits per heavy atom. The first-order valence-electron chi connectivity index (χ1n) is 13.7. The summed E-state index contributed by atoms with van der Waals surface area (Å²) in [6.45, 7) is 5.71. The van der Waals surface area contributed by atoms with E-state index in [2.05, 4.69) is 31.3 Å². The van der Waals surface area contributed by atoms with Gasteiger partial charge in [0.1, 0.15) is 22.5 Å². The highest BCUT2D eigenvalue weighted by molar-refractivity contribution is 9.10. The van der Waals surface area contributed by atoms with Crippen LogP contribution in [0.2, 0.25) is 0 Å². The molecule has 2 N–H and O–H groups in total. The quantitative estimate of drug-likeness (QED) is 0.237. The number of piperidine rings is 1. The van der Waals surface area contributed by atoms with Gasteiger partial charge in [0, 0.05) is 35.7 Å². The molecule has 3 atom stereocenters. The highest BCUT2D eigenvalue weighted by Crippen LogP contribution is 3.02. The number of aromatic nitrogens is 4. The largest absolute Gasteiger partial charge is 0.444 e. The number of benzene rings is 1. The Hall–Kier alpha value is -2.99. The predicted octanol–water partition coefficient (Wildman–Crippen LogP) is 6.27. The minimum Gasteiger partial charge on any atom is -0.444 e. The maximum atomic E-state index is 14.5. The first kappa shape index (κ1) is 31.0. The van der Waals surface area contributed by atoms with Crippen molar-refractivity contribution >= 4 is 43.7 Å². The Morgan fingerprint density at radius 2 is 1.89 bits per heavy atom. The lowest BCUT2D eigenvalue weighted by atomic mass is 9.71. The molecule has 10 nitrogen and oxygen atoms in total. The van der Waals surface area contributed by atoms with Crippen LogP contribution in [-0.4, -0.2) is 60.2 Å². The Bertz CT molecular complexity index is 1770. The highest BCUT2D eigenvalue weighted by Gasteiger charge is 2.66. The molecule has 242 valence electrons. The number of hydrogen-bond donors (Lipinski definition) is 2. The first-order chi connectivity index (χ1) is 20.1. The van der Waals surface area contributed by atoms with E-state index in [1.54, 1.807) is 30.2 Å². The maximum Gasteiger partial charge on any atom is 0.410 e. The van der Waals surface area contributed by atoms with Crippen LogP contribution in [0.25, 0.3) is 5.78 Å². The van der Waals surface area contributed by atoms with E-state index in [-0.39, 0.29) is 46.6 Å². The van der Waals surface area contributed by atoms with Crippen molar-refractivity contribution in [1.82, 2.24) is 24.1 Å². The van der Waals surface area contributed by atoms with Gasteiger partial charge in [-0.25, -0.2) is 9.18 Å². The maximum absolute atomic E-state index is 14.5. The van der Waals surface area contributed by atoms with Crippen LogP contribution in [-0.2, 0) is 16.7 Å². The van der Waals surface area contributed by atoms with Crippen LogP contribution in [0.3, 0.4) is 0 Å². The summed E-state index contributed by atoms with van der Waals surface area (Å²) in [7, 11) is -10.1. The molecule has 1 aliphatic heterocycles. The number of hydrogen-bond acceptors (Lipinski definition) is 7. The third-order valence-corrected chi connectivity index (χ3v) is 9.96. The van der Waals surface area contributed by atoms with Crippen LogP contribution in [0.5, 0.6) is 0 Å². The van der Waals surface area contributed by atoms with Gasteiger partial charge in [-0.15, -0.1) is 5.10 Å². The number of nitrogens with zero attached hydrogens (tertiary/aromatic N) is 5. The summed E-state index contributed by atoms with van der Waals surface area (Å²) in [5.74, 6) is -1.53. The minimum atomic E-state index is -10.1. The van der Waals surface area contributed by atoms with Gasteiger partial charge < -0.3 is 24.6 Å². The summed E-state index contributed by atoms with van der Waals surface area (Å²) >= 11 is 3.17. The molecule has 3 aromatic rings. The molecule has 1 spiro atoms. The number of aliphatic hydroxyl groups excluding tert-OH is 1. The van der Waals surface area contributed by atoms with Crippen LogP contribution >= 0.6 is 26.2 Å². The molecule has 1 saturated carbocycles. The van der Waals surface area contributed by atoms with Crippen LogP contribution < -0.4 is 10.9 Å². The molecule has 1 saturated heterocycles. The summed E-state index contributed by atoms with van der Waals surface area (Å²) in [5.41, 5.74) is -1.15. The highest BCUT2D eigenvalue weighted by atomic mass is 79.9. The Kier molecular flexibility index (Phi) is 6.38. The molecule has 2 aliphatic carbocycles. The number of fused-ring (bicyclic) bond motifs is 6. The third-order valence-electron chi connectivity index (χ3n) is 8.48. The molecule has 1 amide bonds. The molecule has 1 aromatic carbocycles. The van der Waals surface area contributed by atoms with E-state index in [4.69, 9.17) is 4.74 Å². The van der Waals surface area contributed by atoms with Crippen molar-refractivity contribution < 1.29 is 38.5 Å². The number of carbonyl (C=O) groups excluding carboxylic acids is 1. The van der Waals surface area contributed by atoms with Crippen LogP contribution in [0.1, 0.15) is 57.2 Å². The number of anilines is 1. The molecule has 3 aliphatic rings. The SMILES string of the molecule is CC(C)(C)OC(=O)N1CCC2(CC1)c1c(n(CC(O)Nc3ccc(S(F)(F)(F)(F)F)cc3F)c3nc(Br)nn3c1=O)[C@H]1C[C@H]12. The van der Waals surface area contributed by atoms with Gasteiger partial charge >= 0.3 is 16.3 Å². The van der Waals surface area contributed by atoms with E-state index in [1.165, 1.54) is 0 Å². The van der Waals surface area contributed by atoms with Gasteiger partial charge in [-0.2, -0.15) is 9.50 Å². The summed E-state index contributed by atoms with van der Waals surface area (Å²) in [5, 5.41) is 17.4. The average molecular weight is 716 g/mol. The van der Waals surface area contributed by atoms with Crippen molar-refractivity contribution in [3.05, 3.63) is 50.4 Å². The minimum absolute atomic E-state index is 0.0484. The number of rotatable bonds is 5. The van der Waals surface area contributed by atoms with E-state index >= 15 is 0 Å². The average Bonchev–Trinajstić information content (AvgIpc) is 3.51. The topological polar surface area (TPSA) is 114 Å². The number of likely N-dealkylation sites (tertiary alicyclic amines) is 1. The molecule has 18 heteroatoms. The van der Waals surface area contributed by atoms with Crippen molar-refractivity contribution in [1.29, 1.82) is 0 Å². The van der Waals surface area contributed by atoms with E-state index in [0.717, 1.165) is 10.9 Å². The second-order valence-electron chi connectivity index (χ2n) is 12.6. The van der Waals surface area contributed by atoms with E-state index in [9.17, 15) is 38.5 Å². The molecule has 0 bridgehead atoms. The monoisotopic (exact) mass is 714 g/mol. The molecule has 0 radical (unpaired) electrons. The fraction of sp³-hybridized carbons (Fsp3) is 0.538. The first-order valence-corrected chi connectivity index (χ1v) is 16.5. The Balaban J connectivity index is 1.32. The molecule has 3 heterocycles. The normalized spacial score (nSPS) is 23.1. The molecular formula is C26H29BrF6N6O4S. The molecule has 2 fully saturated rings. The standard InChI is InChI=1S/C26H29BrF6N6O4S/c1-25(2,3)43-24(42)37-8-6-26(7-9-37)15-11-14(15)20-19(26)21(41)39-23(35-22(27)36-39)38(20)12-18(40)34-17-5-4-13(10-16(17)28)44(29,30,31,32)33/h4-5,10,14-15,18,34,40H,6-9,11-12H2,1-3H3/t14-,15+,18?/m0/s1. The van der Waals surface area contributed by atoms with Gasteiger partial charge in [0.25, 0.3) is 5.56 Å². The molecule has 6 rings (SSSR count). The van der Waals surface area contributed by atoms with Gasteiger partial charge in [-0.1, -0.05) is 19.4 Å². The Morgan fingerprint density at radius 1 is 1.23 bits per heavy atom. The van der Waals surface area contributed by atoms with Gasteiger partial charge in [-0.05, 0) is 80.1 Å². The van der Waals surface area contributed by atoms with Crippen molar-refractivity contribution in [2.24, 2.45) is 5.92 Å². The Labute approximate surface area is 255 Å². The van der Waals surface area contributed by atoms with Crippen LogP contribution in [0.4, 0.5) is 34.3 Å². The second-order valence-corrected chi connectivity index (χ2v) is 15.7. The smallest absolute Gasteiger partial charge is 0.410 e. The zero-order valence-corrected chi connectivity index (χ0v) is 26.1. The van der Waals surface area contributed by atoms with E-state index in [0.29, 0.717) is 43.3 Å². The molecule has 2 aromatic heterocycles. The lowest BCUT2D eigenvalue weighted by Crippen LogP contribution is -2.49. The van der Waals surface area contributed by atoms with Crippen molar-refractivity contribution in [2.45, 2.75) is 74.6 Å². The molecule has 44 heavy (non-hydrogen) atoms. The molecule has 1 unspecified atom stereocenters. The van der Waals surface area contributed by atoms with Gasteiger partial charge in [0.05, 0.1) is 12.2 Å². The number of ether oxygens (including phenoxy) is 1. The fourth-order valence-corrected chi connectivity index (χ4v) is 7.63. The molecular weight excluding hydrogens is 686 g/mol. The van der Waals surface area contributed by atoms with Gasteiger partial charge in [-0.3, -0.25) is 4.79 Å². The summed E-state index contributed by atoms with van der Waals surface area (Å²) in [6, 6.07) is 0.214. The zero-order chi connectivity index (χ0) is 32.3. The second kappa shape index (κ2) is 9.05. The lowest BCUT2D eigenvalue weighted by molar-refractivity contribution is 0.0153. The van der Waals surface area contributed by atoms with E-state index < -0.39 is 50.0 Å². The number of nitrogens with one attached hydrogen (secondary N) is 1. The number of carbonyl (C=O) groups is 1. The summed E-state index contributed by atoms with van der Waals surface area (Å²) in [4.78, 5) is 30.1. The number of aliphatic hydroxyl groups is 1. The van der Waals surface area contributed by atoms with Crippen molar-refractivity contribution in [3.63, 3.8) is 0 Å². The lowest BCUT2D eigenvalue weighted by Gasteiger charge is -2.41. The third kappa shape index (κ3) is 5.31. The van der Waals surface area contributed by atoms with Crippen molar-refractivity contribution in [2.75, 3.05) is 18.4 Å². The van der Waals surface area contributed by atoms with Gasteiger partial charge in [0.2, 0.25) is 10.5 Å². The van der Waals surface area contributed by atoms with Crippen molar-refractivity contribution in [3.8, 4) is 0 Å². The zero-order valence-electron chi connectivity index (χ0n) is 23.7. The number of amides is 1.